The molecule has 122 valence electrons. The zero-order valence-corrected chi connectivity index (χ0v) is 15.7. The molecule has 0 unspecified atom stereocenters. The highest BCUT2D eigenvalue weighted by Crippen LogP contribution is 2.22. The average Bonchev–Trinajstić information content (AvgIpc) is 3.20. The Hall–Kier alpha value is -1.98. The lowest BCUT2D eigenvalue weighted by molar-refractivity contribution is 0.105. The van der Waals surface area contributed by atoms with E-state index in [4.69, 9.17) is 0 Å². The van der Waals surface area contributed by atoms with Crippen molar-refractivity contribution in [2.24, 2.45) is 0 Å². The Labute approximate surface area is 153 Å². The van der Waals surface area contributed by atoms with Crippen LogP contribution in [0.25, 0.3) is 6.08 Å². The second-order valence-corrected chi connectivity index (χ2v) is 7.34. The van der Waals surface area contributed by atoms with Gasteiger partial charge < -0.3 is 0 Å². The summed E-state index contributed by atoms with van der Waals surface area (Å²) in [6.45, 7) is 2.79. The monoisotopic (exact) mass is 400 g/mol. The van der Waals surface area contributed by atoms with Crippen LogP contribution in [-0.2, 0) is 13.0 Å². The van der Waals surface area contributed by atoms with Crippen LogP contribution >= 0.6 is 27.3 Å². The van der Waals surface area contributed by atoms with Gasteiger partial charge in [0.2, 0.25) is 0 Å². The van der Waals surface area contributed by atoms with E-state index in [2.05, 4.69) is 33.2 Å². The van der Waals surface area contributed by atoms with Crippen LogP contribution in [0.1, 0.15) is 32.7 Å². The van der Waals surface area contributed by atoms with E-state index in [0.717, 1.165) is 28.0 Å². The van der Waals surface area contributed by atoms with Gasteiger partial charge in [0.1, 0.15) is 0 Å². The maximum atomic E-state index is 12.4. The van der Waals surface area contributed by atoms with Crippen LogP contribution in [-0.4, -0.2) is 15.6 Å². The first-order chi connectivity index (χ1) is 11.7. The number of rotatable bonds is 6. The molecule has 0 N–H and O–H groups in total. The molecule has 0 saturated heterocycles. The molecule has 2 aromatic heterocycles. The Morgan fingerprint density at radius 1 is 1.25 bits per heavy atom. The van der Waals surface area contributed by atoms with Crippen LogP contribution in [0.3, 0.4) is 0 Å². The number of aromatic nitrogens is 2. The van der Waals surface area contributed by atoms with Crippen LogP contribution in [0.15, 0.2) is 59.2 Å². The van der Waals surface area contributed by atoms with Crippen molar-refractivity contribution in [2.45, 2.75) is 19.9 Å². The van der Waals surface area contributed by atoms with Gasteiger partial charge in [0, 0.05) is 17.8 Å². The second-order valence-electron chi connectivity index (χ2n) is 5.32. The Morgan fingerprint density at radius 2 is 2.04 bits per heavy atom. The Bertz CT molecular complexity index is 865. The van der Waals surface area contributed by atoms with Crippen molar-refractivity contribution >= 4 is 39.1 Å². The predicted octanol–water partition coefficient (Wildman–Crippen LogP) is 5.21. The maximum absolute atomic E-state index is 12.4. The van der Waals surface area contributed by atoms with Crippen molar-refractivity contribution in [3.63, 3.8) is 0 Å². The SMILES string of the molecule is CCn1ncc(Br)c1/C=C/C(=O)c1ccc(Cc2ccccc2)s1. The van der Waals surface area contributed by atoms with Gasteiger partial charge in [0.25, 0.3) is 0 Å². The minimum atomic E-state index is 0.0232. The van der Waals surface area contributed by atoms with Gasteiger partial charge in [-0.3, -0.25) is 9.48 Å². The third-order valence-corrected chi connectivity index (χ3v) is 5.36. The van der Waals surface area contributed by atoms with E-state index in [9.17, 15) is 4.79 Å². The van der Waals surface area contributed by atoms with Gasteiger partial charge in [0.15, 0.2) is 5.78 Å². The van der Waals surface area contributed by atoms with Crippen molar-refractivity contribution in [3.05, 3.63) is 80.2 Å². The number of carbonyl (C=O) groups is 1. The molecule has 3 nitrogen and oxygen atoms in total. The highest BCUT2D eigenvalue weighted by molar-refractivity contribution is 9.10. The zero-order chi connectivity index (χ0) is 16.9. The van der Waals surface area contributed by atoms with Crippen molar-refractivity contribution in [1.29, 1.82) is 0 Å². The van der Waals surface area contributed by atoms with Crippen molar-refractivity contribution in [3.8, 4) is 0 Å². The first kappa shape index (κ1) is 16.9. The normalized spacial score (nSPS) is 11.2. The molecule has 3 aromatic rings. The van der Waals surface area contributed by atoms with Gasteiger partial charge >= 0.3 is 0 Å². The summed E-state index contributed by atoms with van der Waals surface area (Å²) >= 11 is 5.01. The smallest absolute Gasteiger partial charge is 0.195 e. The van der Waals surface area contributed by atoms with E-state index in [0.29, 0.717) is 0 Å². The fourth-order valence-electron chi connectivity index (χ4n) is 2.43. The summed E-state index contributed by atoms with van der Waals surface area (Å²) < 4.78 is 2.74. The number of hydrogen-bond acceptors (Lipinski definition) is 3. The summed E-state index contributed by atoms with van der Waals surface area (Å²) in [6.07, 6.45) is 6.04. The topological polar surface area (TPSA) is 34.9 Å². The predicted molar refractivity (Wildman–Crippen MR) is 103 cm³/mol. The largest absolute Gasteiger partial charge is 0.288 e. The third-order valence-electron chi connectivity index (χ3n) is 3.65. The molecule has 0 aliphatic carbocycles. The number of halogens is 1. The molecule has 0 amide bonds. The number of carbonyl (C=O) groups excluding carboxylic acids is 1. The molecular formula is C19H17BrN2OS. The fourth-order valence-corrected chi connectivity index (χ4v) is 3.82. The number of benzene rings is 1. The number of aryl methyl sites for hydroxylation is 1. The number of ketones is 1. The highest BCUT2D eigenvalue weighted by Gasteiger charge is 2.09. The summed E-state index contributed by atoms with van der Waals surface area (Å²) in [5.74, 6) is 0.0232. The molecule has 0 saturated carbocycles. The van der Waals surface area contributed by atoms with E-state index in [1.807, 2.05) is 48.0 Å². The fraction of sp³-hybridized carbons (Fsp3) is 0.158. The molecule has 0 aliphatic heterocycles. The minimum Gasteiger partial charge on any atom is -0.288 e. The van der Waals surface area contributed by atoms with Gasteiger partial charge in [-0.1, -0.05) is 30.3 Å². The summed E-state index contributed by atoms with van der Waals surface area (Å²) in [5, 5.41) is 4.25. The molecule has 1 aromatic carbocycles. The first-order valence-corrected chi connectivity index (χ1v) is 9.34. The molecule has 0 fully saturated rings. The molecule has 3 rings (SSSR count). The Kier molecular flexibility index (Phi) is 5.43. The Morgan fingerprint density at radius 3 is 2.79 bits per heavy atom. The number of thiophene rings is 1. The van der Waals surface area contributed by atoms with Crippen LogP contribution in [0.4, 0.5) is 0 Å². The molecule has 0 spiro atoms. The molecule has 0 atom stereocenters. The molecule has 0 bridgehead atoms. The molecule has 2 heterocycles. The van der Waals surface area contributed by atoms with Crippen molar-refractivity contribution in [1.82, 2.24) is 9.78 Å². The van der Waals surface area contributed by atoms with E-state index in [1.165, 1.54) is 10.4 Å². The van der Waals surface area contributed by atoms with Gasteiger partial charge in [0.05, 0.1) is 21.2 Å². The summed E-state index contributed by atoms with van der Waals surface area (Å²) in [6, 6.07) is 14.2. The molecule has 24 heavy (non-hydrogen) atoms. The molecule has 0 aliphatic rings. The number of hydrogen-bond donors (Lipinski definition) is 0. The van der Waals surface area contributed by atoms with Crippen molar-refractivity contribution < 1.29 is 4.79 Å². The van der Waals surface area contributed by atoms with E-state index >= 15 is 0 Å². The second kappa shape index (κ2) is 7.73. The quantitative estimate of drug-likeness (QED) is 0.420. The van der Waals surface area contributed by atoms with Gasteiger partial charge in [-0.25, -0.2) is 0 Å². The standard InChI is InChI=1S/C19H17BrN2OS/c1-2-22-17(16(20)13-21-22)9-10-18(23)19-11-8-15(24-19)12-14-6-4-3-5-7-14/h3-11,13H,2,12H2,1H3/b10-9+. The number of allylic oxidation sites excluding steroid dienone is 1. The van der Waals surface area contributed by atoms with Crippen LogP contribution in [0.2, 0.25) is 0 Å². The minimum absolute atomic E-state index is 0.0232. The summed E-state index contributed by atoms with van der Waals surface area (Å²) in [5.41, 5.74) is 2.16. The zero-order valence-electron chi connectivity index (χ0n) is 13.3. The van der Waals surface area contributed by atoms with Crippen molar-refractivity contribution in [2.75, 3.05) is 0 Å². The molecule has 5 heteroatoms. The number of nitrogens with zero attached hydrogens (tertiary/aromatic N) is 2. The van der Waals surface area contributed by atoms with Crippen LogP contribution in [0, 0.1) is 0 Å². The van der Waals surface area contributed by atoms with Gasteiger partial charge in [-0.2, -0.15) is 5.10 Å². The molecular weight excluding hydrogens is 384 g/mol. The average molecular weight is 401 g/mol. The van der Waals surface area contributed by atoms with Crippen LogP contribution < -0.4 is 0 Å². The lowest BCUT2D eigenvalue weighted by Gasteiger charge is -1.99. The summed E-state index contributed by atoms with van der Waals surface area (Å²) in [7, 11) is 0. The van der Waals surface area contributed by atoms with Gasteiger partial charge in [-0.05, 0) is 52.7 Å². The molecule has 0 radical (unpaired) electrons. The Balaban J connectivity index is 1.72. The van der Waals surface area contributed by atoms with E-state index in [-0.39, 0.29) is 5.78 Å². The third kappa shape index (κ3) is 3.91. The van der Waals surface area contributed by atoms with Crippen LogP contribution in [0.5, 0.6) is 0 Å². The van der Waals surface area contributed by atoms with E-state index in [1.54, 1.807) is 23.6 Å². The first-order valence-electron chi connectivity index (χ1n) is 7.73. The highest BCUT2D eigenvalue weighted by atomic mass is 79.9. The summed E-state index contributed by atoms with van der Waals surface area (Å²) in [4.78, 5) is 14.3. The van der Waals surface area contributed by atoms with Gasteiger partial charge in [-0.15, -0.1) is 11.3 Å². The lowest BCUT2D eigenvalue weighted by atomic mass is 10.1. The lowest BCUT2D eigenvalue weighted by Crippen LogP contribution is -1.99. The van der Waals surface area contributed by atoms with E-state index < -0.39 is 0 Å². The maximum Gasteiger partial charge on any atom is 0.195 e.